The van der Waals surface area contributed by atoms with Crippen molar-refractivity contribution in [2.24, 2.45) is 0 Å². The summed E-state index contributed by atoms with van der Waals surface area (Å²) in [6, 6.07) is 28.9. The van der Waals surface area contributed by atoms with Crippen LogP contribution in [0.5, 0.6) is 5.75 Å². The molecule has 1 N–H and O–H groups in total. The van der Waals surface area contributed by atoms with Crippen LogP contribution in [0.3, 0.4) is 0 Å². The van der Waals surface area contributed by atoms with Crippen molar-refractivity contribution in [3.8, 4) is 5.75 Å². The summed E-state index contributed by atoms with van der Waals surface area (Å²) in [5, 5.41) is 2.69. The molecule has 0 saturated carbocycles. The molecule has 0 aliphatic heterocycles. The predicted molar refractivity (Wildman–Crippen MR) is 171 cm³/mol. The molecule has 4 aromatic rings. The van der Waals surface area contributed by atoms with Crippen molar-refractivity contribution in [3.63, 3.8) is 0 Å². The van der Waals surface area contributed by atoms with Crippen molar-refractivity contribution >= 4 is 43.5 Å². The van der Waals surface area contributed by atoms with Gasteiger partial charge in [-0.05, 0) is 66.6 Å². The standard InChI is InChI=1S/C33H34BrN3O5S/c1-24-9-15-28(16-10-24)37(43(40,41)30-19-17-29(42-3)18-20-30)23-32(38)36(22-26-11-13-27(34)14-12-26)31(33(39)35-2)21-25-7-5-4-6-8-25/h4-20,31H,21-23H2,1-3H3,(H,35,39)/t31-/m1/s1. The number of halogens is 1. The normalized spacial score (nSPS) is 11.8. The van der Waals surface area contributed by atoms with Gasteiger partial charge in [-0.3, -0.25) is 13.9 Å². The largest absolute Gasteiger partial charge is 0.497 e. The monoisotopic (exact) mass is 663 g/mol. The molecule has 2 amide bonds. The predicted octanol–water partition coefficient (Wildman–Crippen LogP) is 5.35. The Labute approximate surface area is 261 Å². The molecule has 0 bridgehead atoms. The number of carbonyl (C=O) groups excluding carboxylic acids is 2. The maximum absolute atomic E-state index is 14.3. The van der Waals surface area contributed by atoms with Crippen LogP contribution in [0.25, 0.3) is 0 Å². The Balaban J connectivity index is 1.77. The number of amides is 2. The summed E-state index contributed by atoms with van der Waals surface area (Å²) in [6.45, 7) is 1.48. The van der Waals surface area contributed by atoms with E-state index < -0.39 is 28.5 Å². The number of rotatable bonds is 12. The van der Waals surface area contributed by atoms with Crippen LogP contribution in [0.2, 0.25) is 0 Å². The molecule has 4 aromatic carbocycles. The Kier molecular flexibility index (Phi) is 10.6. The average molecular weight is 665 g/mol. The van der Waals surface area contributed by atoms with E-state index in [4.69, 9.17) is 4.74 Å². The molecule has 1 atom stereocenters. The Bertz CT molecular complexity index is 1630. The van der Waals surface area contributed by atoms with Crippen LogP contribution in [-0.2, 0) is 32.6 Å². The lowest BCUT2D eigenvalue weighted by Gasteiger charge is -2.33. The third-order valence-electron chi connectivity index (χ3n) is 7.03. The fraction of sp³-hybridized carbons (Fsp3) is 0.212. The molecule has 0 heterocycles. The van der Waals surface area contributed by atoms with E-state index in [0.29, 0.717) is 11.4 Å². The fourth-order valence-corrected chi connectivity index (χ4v) is 6.30. The average Bonchev–Trinajstić information content (AvgIpc) is 3.03. The van der Waals surface area contributed by atoms with Crippen LogP contribution in [0, 0.1) is 6.92 Å². The maximum Gasteiger partial charge on any atom is 0.264 e. The highest BCUT2D eigenvalue weighted by molar-refractivity contribution is 9.10. The van der Waals surface area contributed by atoms with Crippen LogP contribution in [0.4, 0.5) is 5.69 Å². The molecule has 224 valence electrons. The van der Waals surface area contributed by atoms with Crippen LogP contribution < -0.4 is 14.4 Å². The number of ether oxygens (including phenoxy) is 1. The van der Waals surface area contributed by atoms with Gasteiger partial charge in [0.2, 0.25) is 11.8 Å². The molecule has 0 aliphatic carbocycles. The molecular weight excluding hydrogens is 630 g/mol. The highest BCUT2D eigenvalue weighted by Crippen LogP contribution is 2.27. The minimum absolute atomic E-state index is 0.00766. The van der Waals surface area contributed by atoms with Gasteiger partial charge >= 0.3 is 0 Å². The van der Waals surface area contributed by atoms with Crippen molar-refractivity contribution in [2.75, 3.05) is 25.0 Å². The van der Waals surface area contributed by atoms with Gasteiger partial charge in [-0.25, -0.2) is 8.42 Å². The quantitative estimate of drug-likeness (QED) is 0.221. The van der Waals surface area contributed by atoms with E-state index >= 15 is 0 Å². The molecule has 43 heavy (non-hydrogen) atoms. The van der Waals surface area contributed by atoms with E-state index in [1.54, 1.807) is 36.4 Å². The number of carbonyl (C=O) groups is 2. The van der Waals surface area contributed by atoms with Gasteiger partial charge in [0, 0.05) is 24.5 Å². The van der Waals surface area contributed by atoms with E-state index in [2.05, 4.69) is 21.2 Å². The minimum atomic E-state index is -4.19. The zero-order chi connectivity index (χ0) is 31.0. The molecule has 0 unspecified atom stereocenters. The number of aryl methyl sites for hydroxylation is 1. The van der Waals surface area contributed by atoms with Gasteiger partial charge in [-0.15, -0.1) is 0 Å². The first-order valence-corrected chi connectivity index (χ1v) is 15.9. The van der Waals surface area contributed by atoms with Crippen molar-refractivity contribution in [1.29, 1.82) is 0 Å². The minimum Gasteiger partial charge on any atom is -0.497 e. The molecule has 0 aliphatic rings. The van der Waals surface area contributed by atoms with Gasteiger partial charge in [-0.1, -0.05) is 76.1 Å². The van der Waals surface area contributed by atoms with Crippen molar-refractivity contribution in [3.05, 3.63) is 124 Å². The number of nitrogens with one attached hydrogen (secondary N) is 1. The summed E-state index contributed by atoms with van der Waals surface area (Å²) in [6.07, 6.45) is 0.249. The first kappa shape index (κ1) is 31.8. The fourth-order valence-electron chi connectivity index (χ4n) is 4.62. The Morgan fingerprint density at radius 3 is 2.07 bits per heavy atom. The van der Waals surface area contributed by atoms with Gasteiger partial charge in [0.05, 0.1) is 17.7 Å². The SMILES string of the molecule is CNC(=O)[C@@H](Cc1ccccc1)N(Cc1ccc(Br)cc1)C(=O)CN(c1ccc(C)cc1)S(=O)(=O)c1ccc(OC)cc1. The molecule has 4 rings (SSSR count). The van der Waals surface area contributed by atoms with Crippen molar-refractivity contribution in [2.45, 2.75) is 30.8 Å². The van der Waals surface area contributed by atoms with Gasteiger partial charge in [0.1, 0.15) is 18.3 Å². The summed E-state index contributed by atoms with van der Waals surface area (Å²) >= 11 is 3.44. The topological polar surface area (TPSA) is 96.0 Å². The lowest BCUT2D eigenvalue weighted by molar-refractivity contribution is -0.139. The van der Waals surface area contributed by atoms with E-state index in [1.165, 1.54) is 31.2 Å². The Morgan fingerprint density at radius 1 is 0.860 bits per heavy atom. The second-order valence-corrected chi connectivity index (χ2v) is 12.8. The number of hydrogen-bond donors (Lipinski definition) is 1. The lowest BCUT2D eigenvalue weighted by atomic mass is 10.0. The first-order chi connectivity index (χ1) is 20.6. The molecule has 0 spiro atoms. The molecule has 0 saturated heterocycles. The number of nitrogens with zero attached hydrogens (tertiary/aromatic N) is 2. The second-order valence-electron chi connectivity index (χ2n) is 9.99. The Morgan fingerprint density at radius 2 is 1.49 bits per heavy atom. The zero-order valence-corrected chi connectivity index (χ0v) is 26.6. The molecular formula is C33H34BrN3O5S. The number of sulfonamides is 1. The third-order valence-corrected chi connectivity index (χ3v) is 9.35. The summed E-state index contributed by atoms with van der Waals surface area (Å²) in [5.74, 6) is -0.369. The van der Waals surface area contributed by atoms with E-state index in [1.807, 2.05) is 61.5 Å². The highest BCUT2D eigenvalue weighted by Gasteiger charge is 2.34. The van der Waals surface area contributed by atoms with Crippen LogP contribution in [-0.4, -0.2) is 51.9 Å². The zero-order valence-electron chi connectivity index (χ0n) is 24.2. The molecule has 8 nitrogen and oxygen atoms in total. The van der Waals surface area contributed by atoms with E-state index in [-0.39, 0.29) is 23.8 Å². The maximum atomic E-state index is 14.3. The summed E-state index contributed by atoms with van der Waals surface area (Å²) < 4.78 is 35.3. The van der Waals surface area contributed by atoms with E-state index in [9.17, 15) is 18.0 Å². The van der Waals surface area contributed by atoms with Gasteiger partial charge < -0.3 is 15.0 Å². The summed E-state index contributed by atoms with van der Waals surface area (Å²) in [7, 11) is -1.16. The lowest BCUT2D eigenvalue weighted by Crippen LogP contribution is -2.53. The second kappa shape index (κ2) is 14.3. The number of methoxy groups -OCH3 is 1. The van der Waals surface area contributed by atoms with Gasteiger partial charge in [-0.2, -0.15) is 0 Å². The first-order valence-electron chi connectivity index (χ1n) is 13.6. The van der Waals surface area contributed by atoms with Gasteiger partial charge in [0.25, 0.3) is 10.0 Å². The third kappa shape index (κ3) is 8.03. The summed E-state index contributed by atoms with van der Waals surface area (Å²) in [5.41, 5.74) is 2.93. The molecule has 10 heteroatoms. The molecule has 0 fully saturated rings. The number of likely N-dealkylation sites (N-methyl/N-ethyl adjacent to an activating group) is 1. The number of benzene rings is 4. The Hall–Kier alpha value is -4.15. The highest BCUT2D eigenvalue weighted by atomic mass is 79.9. The summed E-state index contributed by atoms with van der Waals surface area (Å²) in [4.78, 5) is 29.1. The van der Waals surface area contributed by atoms with Crippen molar-refractivity contribution < 1.29 is 22.7 Å². The number of hydrogen-bond acceptors (Lipinski definition) is 5. The van der Waals surface area contributed by atoms with Crippen molar-refractivity contribution in [1.82, 2.24) is 10.2 Å². The van der Waals surface area contributed by atoms with Crippen LogP contribution in [0.15, 0.2) is 112 Å². The van der Waals surface area contributed by atoms with Gasteiger partial charge in [0.15, 0.2) is 0 Å². The molecule has 0 radical (unpaired) electrons. The van der Waals surface area contributed by atoms with E-state index in [0.717, 1.165) is 25.5 Å². The molecule has 0 aromatic heterocycles. The smallest absolute Gasteiger partial charge is 0.264 e. The van der Waals surface area contributed by atoms with Crippen LogP contribution >= 0.6 is 15.9 Å². The van der Waals surface area contributed by atoms with Crippen LogP contribution in [0.1, 0.15) is 16.7 Å². The number of anilines is 1.